The maximum atomic E-state index is 6.11. The molecule has 1 aliphatic rings. The summed E-state index contributed by atoms with van der Waals surface area (Å²) in [6, 6.07) is 11.9. The molecule has 3 heterocycles. The molecule has 2 aromatic heterocycles. The first-order valence-electron chi connectivity index (χ1n) is 8.16. The number of rotatable bonds is 3. The first kappa shape index (κ1) is 15.9. The second-order valence-electron chi connectivity index (χ2n) is 6.29. The number of pyridine rings is 1. The number of piperidine rings is 1. The Morgan fingerprint density at radius 1 is 1.00 bits per heavy atom. The minimum Gasteiger partial charge on any atom is -0.299 e. The van der Waals surface area contributed by atoms with Gasteiger partial charge in [-0.25, -0.2) is 0 Å². The van der Waals surface area contributed by atoms with Crippen LogP contribution in [0.1, 0.15) is 30.1 Å². The molecule has 1 saturated heterocycles. The van der Waals surface area contributed by atoms with Crippen molar-refractivity contribution in [2.45, 2.75) is 25.3 Å². The molecular formula is C18H18Cl2N4. The Morgan fingerprint density at radius 2 is 1.83 bits per heavy atom. The van der Waals surface area contributed by atoms with Gasteiger partial charge in [-0.05, 0) is 55.8 Å². The van der Waals surface area contributed by atoms with E-state index in [1.807, 2.05) is 42.6 Å². The highest BCUT2D eigenvalue weighted by Gasteiger charge is 2.24. The fraction of sp³-hybridized carbons (Fsp3) is 0.333. The minimum absolute atomic E-state index is 0.465. The number of benzene rings is 1. The van der Waals surface area contributed by atoms with Crippen LogP contribution in [0.2, 0.25) is 10.0 Å². The summed E-state index contributed by atoms with van der Waals surface area (Å²) in [5, 5.41) is 9.92. The number of fused-ring (bicyclic) bond motifs is 1. The fourth-order valence-electron chi connectivity index (χ4n) is 3.38. The normalized spacial score (nSPS) is 16.8. The molecule has 0 amide bonds. The van der Waals surface area contributed by atoms with E-state index in [2.05, 4.69) is 19.5 Å². The lowest BCUT2D eigenvalue weighted by molar-refractivity contribution is 0.201. The number of halogens is 2. The molecule has 0 bridgehead atoms. The maximum absolute atomic E-state index is 6.11. The Kier molecular flexibility index (Phi) is 4.44. The van der Waals surface area contributed by atoms with Gasteiger partial charge in [0.1, 0.15) is 5.82 Å². The van der Waals surface area contributed by atoms with E-state index in [1.54, 1.807) is 0 Å². The van der Waals surface area contributed by atoms with Crippen molar-refractivity contribution < 1.29 is 0 Å². The summed E-state index contributed by atoms with van der Waals surface area (Å²) in [5.41, 5.74) is 2.13. The predicted octanol–water partition coefficient (Wildman–Crippen LogP) is 4.42. The van der Waals surface area contributed by atoms with E-state index < -0.39 is 0 Å². The summed E-state index contributed by atoms with van der Waals surface area (Å²) < 4.78 is 2.11. The van der Waals surface area contributed by atoms with E-state index in [0.29, 0.717) is 16.0 Å². The summed E-state index contributed by atoms with van der Waals surface area (Å²) in [5.74, 6) is 1.55. The van der Waals surface area contributed by atoms with Crippen LogP contribution in [0.25, 0.3) is 5.65 Å². The molecule has 0 aliphatic carbocycles. The number of aromatic nitrogens is 3. The standard InChI is InChI=1S/C18H18Cl2N4/c19-15-5-4-13(11-16(15)20)12-23-9-6-14(7-10-23)18-22-21-17-3-1-2-8-24(17)18/h1-5,8,11,14H,6-7,9-10,12H2. The Bertz CT molecular complexity index is 853. The zero-order chi connectivity index (χ0) is 16.5. The van der Waals surface area contributed by atoms with Gasteiger partial charge < -0.3 is 0 Å². The Labute approximate surface area is 151 Å². The first-order valence-corrected chi connectivity index (χ1v) is 8.92. The van der Waals surface area contributed by atoms with Crippen LogP contribution in [-0.2, 0) is 6.54 Å². The second-order valence-corrected chi connectivity index (χ2v) is 7.10. The topological polar surface area (TPSA) is 33.4 Å². The van der Waals surface area contributed by atoms with E-state index >= 15 is 0 Å². The molecule has 4 nitrogen and oxygen atoms in total. The van der Waals surface area contributed by atoms with Crippen molar-refractivity contribution in [2.24, 2.45) is 0 Å². The molecule has 24 heavy (non-hydrogen) atoms. The number of nitrogens with zero attached hydrogens (tertiary/aromatic N) is 4. The van der Waals surface area contributed by atoms with Gasteiger partial charge in [0.2, 0.25) is 0 Å². The van der Waals surface area contributed by atoms with Gasteiger partial charge in [-0.3, -0.25) is 9.30 Å². The Balaban J connectivity index is 1.42. The highest BCUT2D eigenvalue weighted by Crippen LogP contribution is 2.29. The SMILES string of the molecule is Clc1ccc(CN2CCC(c3nnc4ccccn34)CC2)cc1Cl. The summed E-state index contributed by atoms with van der Waals surface area (Å²) in [6.45, 7) is 3.00. The van der Waals surface area contributed by atoms with Crippen molar-refractivity contribution in [3.05, 3.63) is 64.0 Å². The Morgan fingerprint density at radius 3 is 2.62 bits per heavy atom. The average molecular weight is 361 g/mol. The molecule has 0 spiro atoms. The van der Waals surface area contributed by atoms with Gasteiger partial charge in [-0.1, -0.05) is 35.3 Å². The van der Waals surface area contributed by atoms with Gasteiger partial charge in [-0.2, -0.15) is 0 Å². The lowest BCUT2D eigenvalue weighted by Crippen LogP contribution is -2.33. The van der Waals surface area contributed by atoms with Crippen LogP contribution in [0, 0.1) is 0 Å². The summed E-state index contributed by atoms with van der Waals surface area (Å²) in [7, 11) is 0. The monoisotopic (exact) mass is 360 g/mol. The van der Waals surface area contributed by atoms with Crippen LogP contribution in [0.5, 0.6) is 0 Å². The molecule has 1 aromatic carbocycles. The minimum atomic E-state index is 0.465. The van der Waals surface area contributed by atoms with Crippen LogP contribution in [-0.4, -0.2) is 32.6 Å². The van der Waals surface area contributed by atoms with Gasteiger partial charge in [0.25, 0.3) is 0 Å². The summed E-state index contributed by atoms with van der Waals surface area (Å²) in [4.78, 5) is 2.46. The highest BCUT2D eigenvalue weighted by molar-refractivity contribution is 6.42. The zero-order valence-electron chi connectivity index (χ0n) is 13.2. The van der Waals surface area contributed by atoms with Crippen LogP contribution < -0.4 is 0 Å². The molecule has 124 valence electrons. The van der Waals surface area contributed by atoms with Crippen molar-refractivity contribution in [1.82, 2.24) is 19.5 Å². The van der Waals surface area contributed by atoms with Crippen molar-refractivity contribution in [3.63, 3.8) is 0 Å². The van der Waals surface area contributed by atoms with Crippen LogP contribution in [0.4, 0.5) is 0 Å². The highest BCUT2D eigenvalue weighted by atomic mass is 35.5. The third-order valence-corrected chi connectivity index (χ3v) is 5.42. The van der Waals surface area contributed by atoms with Gasteiger partial charge >= 0.3 is 0 Å². The van der Waals surface area contributed by atoms with Gasteiger partial charge in [0, 0.05) is 18.7 Å². The predicted molar refractivity (Wildman–Crippen MR) is 96.7 cm³/mol. The molecule has 0 N–H and O–H groups in total. The van der Waals surface area contributed by atoms with Crippen LogP contribution in [0.3, 0.4) is 0 Å². The summed E-state index contributed by atoms with van der Waals surface area (Å²) >= 11 is 12.1. The van der Waals surface area contributed by atoms with Gasteiger partial charge in [-0.15, -0.1) is 10.2 Å². The van der Waals surface area contributed by atoms with E-state index in [4.69, 9.17) is 23.2 Å². The van der Waals surface area contributed by atoms with E-state index in [1.165, 1.54) is 5.56 Å². The maximum Gasteiger partial charge on any atom is 0.160 e. The molecular weight excluding hydrogens is 343 g/mol. The molecule has 0 saturated carbocycles. The molecule has 0 atom stereocenters. The second kappa shape index (κ2) is 6.71. The van der Waals surface area contributed by atoms with Gasteiger partial charge in [0.15, 0.2) is 5.65 Å². The van der Waals surface area contributed by atoms with E-state index in [9.17, 15) is 0 Å². The quantitative estimate of drug-likeness (QED) is 0.693. The number of hydrogen-bond acceptors (Lipinski definition) is 3. The number of likely N-dealkylation sites (tertiary alicyclic amines) is 1. The van der Waals surface area contributed by atoms with E-state index in [-0.39, 0.29) is 0 Å². The molecule has 6 heteroatoms. The average Bonchev–Trinajstić information content (AvgIpc) is 3.03. The molecule has 4 rings (SSSR count). The smallest absolute Gasteiger partial charge is 0.160 e. The fourth-order valence-corrected chi connectivity index (χ4v) is 3.70. The molecule has 1 fully saturated rings. The van der Waals surface area contributed by atoms with Crippen LogP contribution in [0.15, 0.2) is 42.6 Å². The summed E-state index contributed by atoms with van der Waals surface area (Å²) in [6.07, 6.45) is 4.24. The lowest BCUT2D eigenvalue weighted by atomic mass is 9.95. The first-order chi connectivity index (χ1) is 11.7. The largest absolute Gasteiger partial charge is 0.299 e. The van der Waals surface area contributed by atoms with Crippen LogP contribution >= 0.6 is 23.2 Å². The van der Waals surface area contributed by atoms with Crippen molar-refractivity contribution in [1.29, 1.82) is 0 Å². The lowest BCUT2D eigenvalue weighted by Gasteiger charge is -2.31. The molecule has 0 radical (unpaired) electrons. The zero-order valence-corrected chi connectivity index (χ0v) is 14.7. The molecule has 0 unspecified atom stereocenters. The van der Waals surface area contributed by atoms with Crippen molar-refractivity contribution >= 4 is 28.8 Å². The van der Waals surface area contributed by atoms with Gasteiger partial charge in [0.05, 0.1) is 10.0 Å². The Hall–Kier alpha value is -1.62. The molecule has 3 aromatic rings. The van der Waals surface area contributed by atoms with E-state index in [0.717, 1.165) is 43.9 Å². The number of hydrogen-bond donors (Lipinski definition) is 0. The third kappa shape index (κ3) is 3.14. The van der Waals surface area contributed by atoms with Crippen molar-refractivity contribution in [2.75, 3.05) is 13.1 Å². The molecule has 1 aliphatic heterocycles. The third-order valence-electron chi connectivity index (χ3n) is 4.68. The van der Waals surface area contributed by atoms with Crippen molar-refractivity contribution in [3.8, 4) is 0 Å².